The van der Waals surface area contributed by atoms with Gasteiger partial charge in [-0.15, -0.1) is 0 Å². The van der Waals surface area contributed by atoms with Crippen molar-refractivity contribution in [2.75, 3.05) is 17.4 Å². The topological polar surface area (TPSA) is 86.8 Å². The minimum absolute atomic E-state index is 0.0507. The first kappa shape index (κ1) is 32.4. The van der Waals surface area contributed by atoms with Gasteiger partial charge in [0.1, 0.15) is 12.6 Å². The second kappa shape index (κ2) is 14.7. The van der Waals surface area contributed by atoms with Crippen molar-refractivity contribution >= 4 is 50.7 Å². The van der Waals surface area contributed by atoms with Gasteiger partial charge >= 0.3 is 0 Å². The highest BCUT2D eigenvalue weighted by Gasteiger charge is 2.34. The van der Waals surface area contributed by atoms with Crippen LogP contribution in [0.5, 0.6) is 0 Å². The third kappa shape index (κ3) is 8.24. The first-order valence-corrected chi connectivity index (χ1v) is 15.9. The zero-order valence-corrected chi connectivity index (χ0v) is 26.1. The highest BCUT2D eigenvalue weighted by Crippen LogP contribution is 2.29. The van der Waals surface area contributed by atoms with E-state index in [0.717, 1.165) is 16.3 Å². The van der Waals surface area contributed by atoms with Crippen molar-refractivity contribution in [1.29, 1.82) is 0 Å². The van der Waals surface area contributed by atoms with Crippen molar-refractivity contribution in [3.63, 3.8) is 0 Å². The number of nitrogens with zero attached hydrogens (tertiary/aromatic N) is 2. The average molecular weight is 619 g/mol. The predicted octanol–water partition coefficient (Wildman–Crippen LogP) is 6.33. The van der Waals surface area contributed by atoms with Crippen LogP contribution in [0.25, 0.3) is 0 Å². The van der Waals surface area contributed by atoms with E-state index >= 15 is 0 Å². The van der Waals surface area contributed by atoms with E-state index in [2.05, 4.69) is 5.32 Å². The Hall–Kier alpha value is -3.07. The molecule has 41 heavy (non-hydrogen) atoms. The number of aryl methyl sites for hydroxylation is 1. The highest BCUT2D eigenvalue weighted by atomic mass is 35.5. The zero-order valence-electron chi connectivity index (χ0n) is 23.8. The number of carbonyl (C=O) groups excluding carboxylic acids is 2. The molecule has 1 N–H and O–H groups in total. The summed E-state index contributed by atoms with van der Waals surface area (Å²) in [5.41, 5.74) is 1.84. The molecule has 0 heterocycles. The molecule has 0 fully saturated rings. The molecule has 0 saturated heterocycles. The fourth-order valence-corrected chi connectivity index (χ4v) is 6.29. The average Bonchev–Trinajstić information content (AvgIpc) is 2.96. The van der Waals surface area contributed by atoms with Crippen LogP contribution in [0.15, 0.2) is 77.7 Å². The number of halogens is 2. The number of amides is 2. The number of hydrogen-bond donors (Lipinski definition) is 1. The summed E-state index contributed by atoms with van der Waals surface area (Å²) in [5, 5.41) is 3.59. The van der Waals surface area contributed by atoms with Crippen LogP contribution < -0.4 is 9.62 Å². The van der Waals surface area contributed by atoms with Gasteiger partial charge in [0.25, 0.3) is 10.0 Å². The number of hydrogen-bond acceptors (Lipinski definition) is 4. The number of sulfonamides is 1. The Morgan fingerprint density at radius 3 is 2.02 bits per heavy atom. The third-order valence-electron chi connectivity index (χ3n) is 6.70. The molecular weight excluding hydrogens is 581 g/mol. The molecule has 3 rings (SSSR count). The highest BCUT2D eigenvalue weighted by molar-refractivity contribution is 7.92. The first-order valence-electron chi connectivity index (χ1n) is 13.7. The second-order valence-electron chi connectivity index (χ2n) is 10.1. The van der Waals surface area contributed by atoms with Gasteiger partial charge in [-0.05, 0) is 60.7 Å². The molecule has 0 spiro atoms. The third-order valence-corrected chi connectivity index (χ3v) is 9.20. The lowest BCUT2D eigenvalue weighted by Crippen LogP contribution is -2.52. The summed E-state index contributed by atoms with van der Waals surface area (Å²) in [6, 6.07) is 19.1. The SMILES string of the molecule is CCc1ccc(N(CC(=O)N(Cc2c(Cl)cccc2Cl)C(CC)C(=O)NCC(C)C)S(=O)(=O)c2ccccc2)cc1. The summed E-state index contributed by atoms with van der Waals surface area (Å²) in [7, 11) is -4.13. The molecular formula is C31H37Cl2N3O4S. The summed E-state index contributed by atoms with van der Waals surface area (Å²) >= 11 is 12.9. The number of benzene rings is 3. The Kier molecular flexibility index (Phi) is 11.6. The van der Waals surface area contributed by atoms with E-state index in [-0.39, 0.29) is 23.3 Å². The minimum atomic E-state index is -4.13. The smallest absolute Gasteiger partial charge is 0.264 e. The maximum absolute atomic E-state index is 14.2. The maximum Gasteiger partial charge on any atom is 0.264 e. The van der Waals surface area contributed by atoms with Gasteiger partial charge in [-0.2, -0.15) is 0 Å². The van der Waals surface area contributed by atoms with E-state index in [1.54, 1.807) is 55.5 Å². The lowest BCUT2D eigenvalue weighted by molar-refractivity contribution is -0.140. The quantitative estimate of drug-likeness (QED) is 0.243. The molecule has 0 aromatic heterocycles. The molecule has 0 saturated carbocycles. The van der Waals surface area contributed by atoms with Crippen LogP contribution in [0.4, 0.5) is 5.69 Å². The second-order valence-corrected chi connectivity index (χ2v) is 12.8. The fourth-order valence-electron chi connectivity index (χ4n) is 4.34. The summed E-state index contributed by atoms with van der Waals surface area (Å²) < 4.78 is 28.9. The van der Waals surface area contributed by atoms with Crippen molar-refractivity contribution < 1.29 is 18.0 Å². The molecule has 1 atom stereocenters. The van der Waals surface area contributed by atoms with Gasteiger partial charge in [-0.25, -0.2) is 8.42 Å². The molecule has 220 valence electrons. The largest absolute Gasteiger partial charge is 0.354 e. The number of rotatable bonds is 13. The van der Waals surface area contributed by atoms with Gasteiger partial charge in [-0.3, -0.25) is 13.9 Å². The Morgan fingerprint density at radius 2 is 1.49 bits per heavy atom. The van der Waals surface area contributed by atoms with Crippen LogP contribution in [0.3, 0.4) is 0 Å². The standard InChI is InChI=1S/C31H37Cl2N3O4S/c1-5-23-15-17-24(18-16-23)36(41(39,40)25-11-8-7-9-12-25)21-30(37)35(20-26-27(32)13-10-14-28(26)33)29(6-2)31(38)34-19-22(3)4/h7-18,22,29H,5-6,19-21H2,1-4H3,(H,34,38). The normalized spacial score (nSPS) is 12.2. The van der Waals surface area contributed by atoms with Crippen molar-refractivity contribution in [2.45, 2.75) is 58.0 Å². The summed E-state index contributed by atoms with van der Waals surface area (Å²) in [6.07, 6.45) is 1.08. The van der Waals surface area contributed by atoms with E-state index in [0.29, 0.717) is 34.3 Å². The molecule has 3 aromatic rings. The summed E-state index contributed by atoms with van der Waals surface area (Å²) in [5.74, 6) is -0.690. The molecule has 10 heteroatoms. The number of carbonyl (C=O) groups is 2. The Labute approximate surface area is 253 Å². The molecule has 7 nitrogen and oxygen atoms in total. The molecule has 1 unspecified atom stereocenters. The number of nitrogens with one attached hydrogen (secondary N) is 1. The minimum Gasteiger partial charge on any atom is -0.354 e. The van der Waals surface area contributed by atoms with Crippen LogP contribution in [-0.2, 0) is 32.6 Å². The Morgan fingerprint density at radius 1 is 0.878 bits per heavy atom. The fraction of sp³-hybridized carbons (Fsp3) is 0.355. The molecule has 0 aliphatic heterocycles. The van der Waals surface area contributed by atoms with Crippen molar-refractivity contribution in [3.8, 4) is 0 Å². The van der Waals surface area contributed by atoms with Crippen LogP contribution in [0.1, 0.15) is 45.2 Å². The lowest BCUT2D eigenvalue weighted by Gasteiger charge is -2.33. The van der Waals surface area contributed by atoms with E-state index in [1.165, 1.54) is 17.0 Å². The molecule has 0 bridgehead atoms. The molecule has 3 aromatic carbocycles. The summed E-state index contributed by atoms with van der Waals surface area (Å²) in [4.78, 5) is 28.9. The molecule has 0 radical (unpaired) electrons. The van der Waals surface area contributed by atoms with Gasteiger partial charge < -0.3 is 10.2 Å². The van der Waals surface area contributed by atoms with Crippen LogP contribution in [0, 0.1) is 5.92 Å². The van der Waals surface area contributed by atoms with Gasteiger partial charge in [0.05, 0.1) is 10.6 Å². The zero-order chi connectivity index (χ0) is 30.2. The first-order chi connectivity index (χ1) is 19.5. The van der Waals surface area contributed by atoms with Gasteiger partial charge in [0.2, 0.25) is 11.8 Å². The van der Waals surface area contributed by atoms with Crippen molar-refractivity contribution in [1.82, 2.24) is 10.2 Å². The van der Waals surface area contributed by atoms with E-state index in [1.807, 2.05) is 32.9 Å². The van der Waals surface area contributed by atoms with E-state index in [4.69, 9.17) is 23.2 Å². The van der Waals surface area contributed by atoms with Crippen LogP contribution >= 0.6 is 23.2 Å². The Bertz CT molecular complexity index is 1410. The van der Waals surface area contributed by atoms with E-state index in [9.17, 15) is 18.0 Å². The van der Waals surface area contributed by atoms with Crippen molar-refractivity contribution in [3.05, 3.63) is 94.0 Å². The van der Waals surface area contributed by atoms with Crippen LogP contribution in [-0.4, -0.2) is 44.3 Å². The van der Waals surface area contributed by atoms with Gasteiger partial charge in [-0.1, -0.05) is 87.3 Å². The molecule has 0 aliphatic carbocycles. The monoisotopic (exact) mass is 617 g/mol. The van der Waals surface area contributed by atoms with Gasteiger partial charge in [0.15, 0.2) is 0 Å². The Balaban J connectivity index is 2.08. The van der Waals surface area contributed by atoms with Crippen molar-refractivity contribution in [2.24, 2.45) is 5.92 Å². The lowest BCUT2D eigenvalue weighted by atomic mass is 10.1. The van der Waals surface area contributed by atoms with Gasteiger partial charge in [0, 0.05) is 28.7 Å². The van der Waals surface area contributed by atoms with E-state index < -0.39 is 28.5 Å². The maximum atomic E-state index is 14.2. The molecule has 2 amide bonds. The summed E-state index contributed by atoms with van der Waals surface area (Å²) in [6.45, 7) is 7.59. The number of anilines is 1. The predicted molar refractivity (Wildman–Crippen MR) is 166 cm³/mol. The molecule has 0 aliphatic rings. The van der Waals surface area contributed by atoms with Crippen LogP contribution in [0.2, 0.25) is 10.0 Å².